The van der Waals surface area contributed by atoms with E-state index in [4.69, 9.17) is 4.74 Å². The standard InChI is InChI=1S/C15H26BrN3O/c1-5-8-17-14(13-7-6-11(4)20-13)15-12(16)9-18-19(15)10(2)3/h9-11,13-14,17H,5-8H2,1-4H3. The molecule has 3 atom stereocenters. The SMILES string of the molecule is CCCNC(c1c(Br)cnn1C(C)C)C1CCC(C)O1. The van der Waals surface area contributed by atoms with Crippen molar-refractivity contribution in [2.75, 3.05) is 6.54 Å². The molecule has 1 aliphatic heterocycles. The van der Waals surface area contributed by atoms with Crippen LogP contribution in [0.4, 0.5) is 0 Å². The summed E-state index contributed by atoms with van der Waals surface area (Å²) in [6, 6.07) is 0.556. The molecule has 1 aromatic rings. The third-order valence-electron chi connectivity index (χ3n) is 3.82. The van der Waals surface area contributed by atoms with E-state index < -0.39 is 0 Å². The van der Waals surface area contributed by atoms with Gasteiger partial charge in [0.05, 0.1) is 34.6 Å². The molecule has 5 heteroatoms. The van der Waals surface area contributed by atoms with Gasteiger partial charge < -0.3 is 10.1 Å². The average Bonchev–Trinajstić information content (AvgIpc) is 2.98. The summed E-state index contributed by atoms with van der Waals surface area (Å²) in [5.41, 5.74) is 1.22. The Bertz CT molecular complexity index is 433. The van der Waals surface area contributed by atoms with E-state index in [-0.39, 0.29) is 12.1 Å². The minimum atomic E-state index is 0.208. The van der Waals surface area contributed by atoms with Crippen molar-refractivity contribution in [3.63, 3.8) is 0 Å². The topological polar surface area (TPSA) is 39.1 Å². The second-order valence-electron chi connectivity index (χ2n) is 5.91. The monoisotopic (exact) mass is 343 g/mol. The highest BCUT2D eigenvalue weighted by Crippen LogP contribution is 2.34. The van der Waals surface area contributed by atoms with Crippen LogP contribution in [0.25, 0.3) is 0 Å². The number of nitrogens with zero attached hydrogens (tertiary/aromatic N) is 2. The molecule has 0 bridgehead atoms. The van der Waals surface area contributed by atoms with Gasteiger partial charge in [0.25, 0.3) is 0 Å². The quantitative estimate of drug-likeness (QED) is 0.852. The lowest BCUT2D eigenvalue weighted by Crippen LogP contribution is -2.35. The second kappa shape index (κ2) is 7.05. The van der Waals surface area contributed by atoms with Crippen molar-refractivity contribution < 1.29 is 4.74 Å². The number of halogens is 1. The van der Waals surface area contributed by atoms with Gasteiger partial charge in [-0.1, -0.05) is 6.92 Å². The minimum absolute atomic E-state index is 0.208. The lowest BCUT2D eigenvalue weighted by molar-refractivity contribution is 0.0292. The van der Waals surface area contributed by atoms with E-state index in [1.54, 1.807) is 0 Å². The minimum Gasteiger partial charge on any atom is -0.373 e. The van der Waals surface area contributed by atoms with Crippen LogP contribution < -0.4 is 5.32 Å². The van der Waals surface area contributed by atoms with Gasteiger partial charge in [0.15, 0.2) is 0 Å². The van der Waals surface area contributed by atoms with Crippen LogP contribution in [0, 0.1) is 0 Å². The Morgan fingerprint density at radius 2 is 2.25 bits per heavy atom. The van der Waals surface area contributed by atoms with Crippen LogP contribution >= 0.6 is 15.9 Å². The van der Waals surface area contributed by atoms with Crippen molar-refractivity contribution in [1.29, 1.82) is 0 Å². The molecule has 0 spiro atoms. The van der Waals surface area contributed by atoms with E-state index in [0.29, 0.717) is 12.1 Å². The van der Waals surface area contributed by atoms with E-state index in [2.05, 4.69) is 58.7 Å². The first-order chi connectivity index (χ1) is 9.54. The predicted octanol–water partition coefficient (Wildman–Crippen LogP) is 3.83. The first kappa shape index (κ1) is 16.0. The smallest absolute Gasteiger partial charge is 0.0790 e. The molecular formula is C15H26BrN3O. The zero-order chi connectivity index (χ0) is 14.7. The number of rotatable bonds is 6. The highest BCUT2D eigenvalue weighted by atomic mass is 79.9. The number of hydrogen-bond donors (Lipinski definition) is 1. The molecular weight excluding hydrogens is 318 g/mol. The second-order valence-corrected chi connectivity index (χ2v) is 6.76. The maximum absolute atomic E-state index is 6.11. The molecule has 1 saturated heterocycles. The molecule has 114 valence electrons. The van der Waals surface area contributed by atoms with E-state index in [1.165, 1.54) is 5.69 Å². The van der Waals surface area contributed by atoms with Crippen LogP contribution in [0.3, 0.4) is 0 Å². The Hall–Kier alpha value is -0.390. The highest BCUT2D eigenvalue weighted by Gasteiger charge is 2.34. The maximum atomic E-state index is 6.11. The van der Waals surface area contributed by atoms with Gasteiger partial charge in [-0.05, 0) is 62.5 Å². The molecule has 0 amide bonds. The summed E-state index contributed by atoms with van der Waals surface area (Å²) >= 11 is 3.66. The van der Waals surface area contributed by atoms with Crippen molar-refractivity contribution in [1.82, 2.24) is 15.1 Å². The molecule has 1 aliphatic rings. The molecule has 4 nitrogen and oxygen atoms in total. The molecule has 2 rings (SSSR count). The van der Waals surface area contributed by atoms with Gasteiger partial charge in [-0.25, -0.2) is 0 Å². The average molecular weight is 344 g/mol. The summed E-state index contributed by atoms with van der Waals surface area (Å²) in [5.74, 6) is 0. The van der Waals surface area contributed by atoms with Crippen LogP contribution in [-0.4, -0.2) is 28.5 Å². The van der Waals surface area contributed by atoms with Crippen molar-refractivity contribution in [3.8, 4) is 0 Å². The zero-order valence-electron chi connectivity index (χ0n) is 12.9. The van der Waals surface area contributed by atoms with E-state index >= 15 is 0 Å². The Balaban J connectivity index is 2.28. The lowest BCUT2D eigenvalue weighted by Gasteiger charge is -2.27. The molecule has 1 aromatic heterocycles. The van der Waals surface area contributed by atoms with Crippen molar-refractivity contribution >= 4 is 15.9 Å². The van der Waals surface area contributed by atoms with Gasteiger partial charge in [-0.2, -0.15) is 5.10 Å². The Kier molecular flexibility index (Phi) is 5.64. The van der Waals surface area contributed by atoms with Crippen LogP contribution in [-0.2, 0) is 4.74 Å². The normalized spacial score (nSPS) is 24.5. The highest BCUT2D eigenvalue weighted by molar-refractivity contribution is 9.10. The van der Waals surface area contributed by atoms with Crippen molar-refractivity contribution in [3.05, 3.63) is 16.4 Å². The summed E-state index contributed by atoms with van der Waals surface area (Å²) in [6.07, 6.45) is 5.86. The third-order valence-corrected chi connectivity index (χ3v) is 4.43. The molecule has 20 heavy (non-hydrogen) atoms. The summed E-state index contributed by atoms with van der Waals surface area (Å²) in [4.78, 5) is 0. The number of nitrogens with one attached hydrogen (secondary N) is 1. The summed E-state index contributed by atoms with van der Waals surface area (Å²) in [7, 11) is 0. The molecule has 0 aromatic carbocycles. The fourth-order valence-corrected chi connectivity index (χ4v) is 3.36. The van der Waals surface area contributed by atoms with Gasteiger partial charge in [-0.15, -0.1) is 0 Å². The van der Waals surface area contributed by atoms with Crippen LogP contribution in [0.5, 0.6) is 0 Å². The molecule has 3 unspecified atom stereocenters. The zero-order valence-corrected chi connectivity index (χ0v) is 14.5. The Morgan fingerprint density at radius 1 is 1.50 bits per heavy atom. The Morgan fingerprint density at radius 3 is 2.80 bits per heavy atom. The van der Waals surface area contributed by atoms with Gasteiger partial charge in [-0.3, -0.25) is 4.68 Å². The van der Waals surface area contributed by atoms with Crippen molar-refractivity contribution in [2.24, 2.45) is 0 Å². The van der Waals surface area contributed by atoms with Crippen LogP contribution in [0.15, 0.2) is 10.7 Å². The fourth-order valence-electron chi connectivity index (χ4n) is 2.84. The van der Waals surface area contributed by atoms with E-state index in [1.807, 2.05) is 6.20 Å². The molecule has 0 radical (unpaired) electrons. The van der Waals surface area contributed by atoms with Gasteiger partial charge in [0.2, 0.25) is 0 Å². The third kappa shape index (κ3) is 3.43. The number of aromatic nitrogens is 2. The number of ether oxygens (including phenoxy) is 1. The van der Waals surface area contributed by atoms with Crippen molar-refractivity contribution in [2.45, 2.75) is 71.2 Å². The summed E-state index contributed by atoms with van der Waals surface area (Å²) in [6.45, 7) is 9.67. The number of hydrogen-bond acceptors (Lipinski definition) is 3. The molecule has 1 N–H and O–H groups in total. The van der Waals surface area contributed by atoms with E-state index in [0.717, 1.165) is 30.3 Å². The summed E-state index contributed by atoms with van der Waals surface area (Å²) in [5, 5.41) is 8.16. The van der Waals surface area contributed by atoms with Gasteiger partial charge in [0, 0.05) is 6.04 Å². The first-order valence-electron chi connectivity index (χ1n) is 7.66. The summed E-state index contributed by atoms with van der Waals surface area (Å²) < 4.78 is 9.28. The molecule has 1 fully saturated rings. The van der Waals surface area contributed by atoms with Gasteiger partial charge >= 0.3 is 0 Å². The van der Waals surface area contributed by atoms with Crippen LogP contribution in [0.2, 0.25) is 0 Å². The first-order valence-corrected chi connectivity index (χ1v) is 8.45. The van der Waals surface area contributed by atoms with E-state index in [9.17, 15) is 0 Å². The predicted molar refractivity (Wildman–Crippen MR) is 84.9 cm³/mol. The maximum Gasteiger partial charge on any atom is 0.0790 e. The molecule has 0 saturated carbocycles. The Labute approximate surface area is 130 Å². The van der Waals surface area contributed by atoms with Gasteiger partial charge in [0.1, 0.15) is 0 Å². The fraction of sp³-hybridized carbons (Fsp3) is 0.800. The largest absolute Gasteiger partial charge is 0.373 e. The van der Waals surface area contributed by atoms with Crippen LogP contribution in [0.1, 0.15) is 64.7 Å². The lowest BCUT2D eigenvalue weighted by atomic mass is 10.0. The molecule has 0 aliphatic carbocycles. The molecule has 2 heterocycles.